The minimum atomic E-state index is -0.317. The van der Waals surface area contributed by atoms with E-state index in [0.717, 1.165) is 5.69 Å². The Hall–Kier alpha value is -2.83. The fourth-order valence-electron chi connectivity index (χ4n) is 2.67. The molecule has 2 N–H and O–H groups in total. The lowest BCUT2D eigenvalue weighted by Gasteiger charge is -2.10. The second-order valence-electron chi connectivity index (χ2n) is 5.57. The van der Waals surface area contributed by atoms with E-state index < -0.39 is 0 Å². The van der Waals surface area contributed by atoms with E-state index in [2.05, 4.69) is 20.4 Å². The Kier molecular flexibility index (Phi) is 3.25. The maximum Gasteiger partial charge on any atom is 0.348 e. The van der Waals surface area contributed by atoms with Gasteiger partial charge in [0.2, 0.25) is 0 Å². The van der Waals surface area contributed by atoms with E-state index in [9.17, 15) is 4.79 Å². The molecular weight excluding hydrogens is 294 g/mol. The average Bonchev–Trinajstić information content (AvgIpc) is 3.17. The van der Waals surface area contributed by atoms with Crippen LogP contribution in [0.2, 0.25) is 0 Å². The number of benzene rings is 1. The molecule has 1 fully saturated rings. The summed E-state index contributed by atoms with van der Waals surface area (Å²) in [5.74, 6) is 1.68. The molecule has 1 aliphatic rings. The third-order valence-corrected chi connectivity index (χ3v) is 3.92. The van der Waals surface area contributed by atoms with Crippen molar-refractivity contribution in [1.29, 1.82) is 0 Å². The van der Waals surface area contributed by atoms with Gasteiger partial charge in [-0.1, -0.05) is 12.1 Å². The highest BCUT2D eigenvalue weighted by Gasteiger charge is 2.27. The van der Waals surface area contributed by atoms with Gasteiger partial charge in [0, 0.05) is 11.6 Å². The number of H-pyrrole nitrogens is 2. The third-order valence-electron chi connectivity index (χ3n) is 3.92. The van der Waals surface area contributed by atoms with Crippen molar-refractivity contribution in [2.45, 2.75) is 25.7 Å². The van der Waals surface area contributed by atoms with Gasteiger partial charge in [-0.15, -0.1) is 0 Å². The first-order chi connectivity index (χ1) is 11.3. The van der Waals surface area contributed by atoms with Crippen LogP contribution in [-0.4, -0.2) is 31.6 Å². The Balaban J connectivity index is 1.83. The van der Waals surface area contributed by atoms with Gasteiger partial charge in [0.1, 0.15) is 11.4 Å². The van der Waals surface area contributed by atoms with Crippen LogP contribution in [0.3, 0.4) is 0 Å². The van der Waals surface area contributed by atoms with Crippen molar-refractivity contribution < 1.29 is 4.74 Å². The number of aromatic amines is 2. The zero-order chi connectivity index (χ0) is 15.8. The van der Waals surface area contributed by atoms with Crippen LogP contribution in [0.5, 0.6) is 5.75 Å². The number of para-hydroxylation sites is 2. The molecule has 0 saturated heterocycles. The van der Waals surface area contributed by atoms with Gasteiger partial charge in [0.15, 0.2) is 5.82 Å². The van der Waals surface area contributed by atoms with Gasteiger partial charge in [-0.05, 0) is 38.0 Å². The first kappa shape index (κ1) is 13.8. The summed E-state index contributed by atoms with van der Waals surface area (Å²) in [6.45, 7) is 2.43. The minimum Gasteiger partial charge on any atom is -0.492 e. The molecule has 0 radical (unpaired) electrons. The van der Waals surface area contributed by atoms with Crippen LogP contribution in [-0.2, 0) is 0 Å². The highest BCUT2D eigenvalue weighted by molar-refractivity contribution is 5.57. The SMILES string of the molecule is CCOc1ccccc1-n1c(-c2cc(C3CC3)[nH]n2)n[nH]c1=O. The standard InChI is InChI=1S/C16H17N5O2/c1-2-23-14-6-4-3-5-13(14)21-15(19-20-16(21)22)12-9-11(17-18-12)10-7-8-10/h3-6,9-10H,2,7-8H2,1H3,(H,17,18)(H,20,22). The lowest BCUT2D eigenvalue weighted by atomic mass is 10.2. The monoisotopic (exact) mass is 311 g/mol. The van der Waals surface area contributed by atoms with Crippen LogP contribution in [0.15, 0.2) is 35.1 Å². The fraction of sp³-hybridized carbons (Fsp3) is 0.312. The van der Waals surface area contributed by atoms with Crippen LogP contribution >= 0.6 is 0 Å². The summed E-state index contributed by atoms with van der Waals surface area (Å²) >= 11 is 0. The van der Waals surface area contributed by atoms with E-state index in [-0.39, 0.29) is 5.69 Å². The molecule has 23 heavy (non-hydrogen) atoms. The van der Waals surface area contributed by atoms with Gasteiger partial charge in [0.25, 0.3) is 0 Å². The van der Waals surface area contributed by atoms with Gasteiger partial charge in [0.05, 0.1) is 12.3 Å². The minimum absolute atomic E-state index is 0.317. The van der Waals surface area contributed by atoms with Crippen molar-refractivity contribution in [3.05, 3.63) is 46.5 Å². The van der Waals surface area contributed by atoms with Gasteiger partial charge in [-0.25, -0.2) is 14.5 Å². The first-order valence-corrected chi connectivity index (χ1v) is 7.73. The van der Waals surface area contributed by atoms with E-state index in [0.29, 0.717) is 35.5 Å². The number of nitrogens with zero attached hydrogens (tertiary/aromatic N) is 3. The topological polar surface area (TPSA) is 88.6 Å². The molecule has 2 aromatic heterocycles. The van der Waals surface area contributed by atoms with Crippen molar-refractivity contribution >= 4 is 0 Å². The quantitative estimate of drug-likeness (QED) is 0.756. The number of rotatable bonds is 5. The number of aromatic nitrogens is 5. The lowest BCUT2D eigenvalue weighted by molar-refractivity contribution is 0.339. The van der Waals surface area contributed by atoms with Gasteiger partial charge in [-0.2, -0.15) is 10.2 Å². The molecule has 0 spiro atoms. The molecule has 4 rings (SSSR count). The van der Waals surface area contributed by atoms with Crippen molar-refractivity contribution in [2.75, 3.05) is 6.61 Å². The van der Waals surface area contributed by atoms with Crippen molar-refractivity contribution in [2.24, 2.45) is 0 Å². The molecule has 0 aliphatic heterocycles. The molecule has 7 nitrogen and oxygen atoms in total. The van der Waals surface area contributed by atoms with Crippen LogP contribution in [0.4, 0.5) is 0 Å². The van der Waals surface area contributed by atoms with E-state index in [1.165, 1.54) is 17.4 Å². The second kappa shape index (κ2) is 5.42. The predicted molar refractivity (Wildman–Crippen MR) is 84.9 cm³/mol. The van der Waals surface area contributed by atoms with Gasteiger partial charge >= 0.3 is 5.69 Å². The maximum atomic E-state index is 12.3. The van der Waals surface area contributed by atoms with E-state index in [1.54, 1.807) is 0 Å². The summed E-state index contributed by atoms with van der Waals surface area (Å²) in [5, 5.41) is 14.0. The molecule has 1 aliphatic carbocycles. The molecule has 1 saturated carbocycles. The number of hydrogen-bond donors (Lipinski definition) is 2. The van der Waals surface area contributed by atoms with E-state index in [1.807, 2.05) is 37.3 Å². The van der Waals surface area contributed by atoms with Gasteiger partial charge in [-0.3, -0.25) is 5.10 Å². The molecule has 0 bridgehead atoms. The Labute approximate surface area is 132 Å². The Bertz CT molecular complexity index is 888. The zero-order valence-electron chi connectivity index (χ0n) is 12.7. The summed E-state index contributed by atoms with van der Waals surface area (Å²) in [6.07, 6.45) is 2.37. The molecule has 3 aromatic rings. The molecule has 1 aromatic carbocycles. The largest absolute Gasteiger partial charge is 0.492 e. The van der Waals surface area contributed by atoms with Crippen LogP contribution in [0.25, 0.3) is 17.2 Å². The number of ether oxygens (including phenoxy) is 1. The Morgan fingerprint density at radius 3 is 2.87 bits per heavy atom. The summed E-state index contributed by atoms with van der Waals surface area (Å²) < 4.78 is 7.13. The van der Waals surface area contributed by atoms with Crippen LogP contribution in [0.1, 0.15) is 31.4 Å². The van der Waals surface area contributed by atoms with Gasteiger partial charge < -0.3 is 4.74 Å². The second-order valence-corrected chi connectivity index (χ2v) is 5.57. The molecule has 0 unspecified atom stereocenters. The molecule has 7 heteroatoms. The summed E-state index contributed by atoms with van der Waals surface area (Å²) in [4.78, 5) is 12.3. The fourth-order valence-corrected chi connectivity index (χ4v) is 2.67. The van der Waals surface area contributed by atoms with Crippen molar-refractivity contribution in [1.82, 2.24) is 25.0 Å². The summed E-state index contributed by atoms with van der Waals surface area (Å²) in [6, 6.07) is 9.37. The van der Waals surface area contributed by atoms with Crippen LogP contribution < -0.4 is 10.4 Å². The molecule has 118 valence electrons. The van der Waals surface area contributed by atoms with Crippen molar-refractivity contribution in [3.63, 3.8) is 0 Å². The number of hydrogen-bond acceptors (Lipinski definition) is 4. The van der Waals surface area contributed by atoms with E-state index in [4.69, 9.17) is 4.74 Å². The molecular formula is C16H17N5O2. The number of nitrogens with one attached hydrogen (secondary N) is 2. The van der Waals surface area contributed by atoms with Crippen LogP contribution in [0, 0.1) is 0 Å². The average molecular weight is 311 g/mol. The smallest absolute Gasteiger partial charge is 0.348 e. The van der Waals surface area contributed by atoms with Crippen molar-refractivity contribution in [3.8, 4) is 23.0 Å². The normalized spacial score (nSPS) is 14.1. The summed E-state index contributed by atoms with van der Waals surface area (Å²) in [7, 11) is 0. The highest BCUT2D eigenvalue weighted by atomic mass is 16.5. The summed E-state index contributed by atoms with van der Waals surface area (Å²) in [5.41, 5.74) is 2.08. The maximum absolute atomic E-state index is 12.3. The molecule has 2 heterocycles. The predicted octanol–water partition coefficient (Wildman–Crippen LogP) is 2.23. The molecule has 0 atom stereocenters. The highest BCUT2D eigenvalue weighted by Crippen LogP contribution is 2.39. The molecule has 0 amide bonds. The lowest BCUT2D eigenvalue weighted by Crippen LogP contribution is -2.16. The third kappa shape index (κ3) is 2.44. The zero-order valence-corrected chi connectivity index (χ0v) is 12.7. The van der Waals surface area contributed by atoms with E-state index >= 15 is 0 Å². The Morgan fingerprint density at radius 1 is 1.26 bits per heavy atom. The Morgan fingerprint density at radius 2 is 2.09 bits per heavy atom. The first-order valence-electron chi connectivity index (χ1n) is 7.73.